The fourth-order valence-corrected chi connectivity index (χ4v) is 4.78. The molecule has 162 valence electrons. The molecule has 1 fully saturated rings. The van der Waals surface area contributed by atoms with E-state index in [9.17, 15) is 0 Å². The zero-order valence-corrected chi connectivity index (χ0v) is 18.4. The lowest BCUT2D eigenvalue weighted by molar-refractivity contribution is -0.672. The highest BCUT2D eigenvalue weighted by molar-refractivity contribution is 5.44. The molecular formula is C25H34NO4+. The first-order valence-electron chi connectivity index (χ1n) is 11.1. The molecule has 2 heterocycles. The van der Waals surface area contributed by atoms with Gasteiger partial charge in [0.05, 0.1) is 19.8 Å². The SMILES string of the molecule is COc1ccccc1[C@]1(CC[NH2+]Cc2ccc3c(c2)OCO3)CCO[C@@H](C(C)C)C1. The maximum absolute atomic E-state index is 6.13. The van der Waals surface area contributed by atoms with Crippen LogP contribution in [0.2, 0.25) is 0 Å². The van der Waals surface area contributed by atoms with Gasteiger partial charge in [-0.2, -0.15) is 0 Å². The van der Waals surface area contributed by atoms with Gasteiger partial charge in [-0.3, -0.25) is 0 Å². The molecule has 0 unspecified atom stereocenters. The molecule has 0 radical (unpaired) electrons. The van der Waals surface area contributed by atoms with E-state index in [0.29, 0.717) is 12.7 Å². The summed E-state index contributed by atoms with van der Waals surface area (Å²) in [6.07, 6.45) is 3.47. The highest BCUT2D eigenvalue weighted by Crippen LogP contribution is 2.45. The monoisotopic (exact) mass is 412 g/mol. The Hall–Kier alpha value is -2.24. The van der Waals surface area contributed by atoms with Crippen LogP contribution in [0.15, 0.2) is 42.5 Å². The summed E-state index contributed by atoms with van der Waals surface area (Å²) >= 11 is 0. The average molecular weight is 413 g/mol. The molecule has 1 saturated heterocycles. The molecule has 0 spiro atoms. The summed E-state index contributed by atoms with van der Waals surface area (Å²) in [5.74, 6) is 3.21. The Labute approximate surface area is 179 Å². The second kappa shape index (κ2) is 9.27. The van der Waals surface area contributed by atoms with Crippen molar-refractivity contribution in [3.05, 3.63) is 53.6 Å². The topological polar surface area (TPSA) is 53.5 Å². The number of nitrogens with two attached hydrogens (primary N) is 1. The predicted octanol–water partition coefficient (Wildman–Crippen LogP) is 3.65. The van der Waals surface area contributed by atoms with E-state index >= 15 is 0 Å². The molecule has 2 aliphatic rings. The highest BCUT2D eigenvalue weighted by Gasteiger charge is 2.41. The lowest BCUT2D eigenvalue weighted by atomic mass is 9.68. The molecular weight excluding hydrogens is 378 g/mol. The van der Waals surface area contributed by atoms with Crippen molar-refractivity contribution in [2.75, 3.05) is 27.1 Å². The van der Waals surface area contributed by atoms with Crippen LogP contribution >= 0.6 is 0 Å². The van der Waals surface area contributed by atoms with Crippen LogP contribution in [0, 0.1) is 5.92 Å². The molecule has 0 saturated carbocycles. The molecule has 0 amide bonds. The first-order valence-corrected chi connectivity index (χ1v) is 11.1. The number of ether oxygens (including phenoxy) is 4. The molecule has 2 aromatic carbocycles. The maximum atomic E-state index is 6.13. The van der Waals surface area contributed by atoms with Gasteiger partial charge in [-0.1, -0.05) is 32.0 Å². The molecule has 4 rings (SSSR count). The van der Waals surface area contributed by atoms with Crippen LogP contribution in [0.25, 0.3) is 0 Å². The minimum atomic E-state index is 0.0885. The smallest absolute Gasteiger partial charge is 0.231 e. The summed E-state index contributed by atoms with van der Waals surface area (Å²) < 4.78 is 22.8. The molecule has 2 aliphatic heterocycles. The molecule has 30 heavy (non-hydrogen) atoms. The van der Waals surface area contributed by atoms with Crippen LogP contribution in [0.5, 0.6) is 17.2 Å². The molecule has 0 bridgehead atoms. The zero-order chi connectivity index (χ0) is 21.0. The van der Waals surface area contributed by atoms with E-state index in [0.717, 1.165) is 56.2 Å². The van der Waals surface area contributed by atoms with Crippen LogP contribution in [0.4, 0.5) is 0 Å². The third-order valence-corrected chi connectivity index (χ3v) is 6.57. The Kier molecular flexibility index (Phi) is 6.49. The number of benzene rings is 2. The third-order valence-electron chi connectivity index (χ3n) is 6.57. The van der Waals surface area contributed by atoms with E-state index < -0.39 is 0 Å². The van der Waals surface area contributed by atoms with E-state index in [1.165, 1.54) is 11.1 Å². The minimum absolute atomic E-state index is 0.0885. The van der Waals surface area contributed by atoms with Gasteiger partial charge in [0, 0.05) is 29.6 Å². The number of hydrogen-bond acceptors (Lipinski definition) is 4. The van der Waals surface area contributed by atoms with Crippen LogP contribution in [0.1, 0.15) is 44.2 Å². The Morgan fingerprint density at radius 3 is 2.80 bits per heavy atom. The first-order chi connectivity index (χ1) is 14.6. The Balaban J connectivity index is 1.46. The van der Waals surface area contributed by atoms with E-state index in [1.807, 2.05) is 6.07 Å². The average Bonchev–Trinajstić information content (AvgIpc) is 3.25. The minimum Gasteiger partial charge on any atom is -0.496 e. The first kappa shape index (κ1) is 21.0. The predicted molar refractivity (Wildman–Crippen MR) is 116 cm³/mol. The maximum Gasteiger partial charge on any atom is 0.231 e. The summed E-state index contributed by atoms with van der Waals surface area (Å²) in [4.78, 5) is 0. The number of para-hydroxylation sites is 1. The van der Waals surface area contributed by atoms with Crippen molar-refractivity contribution in [3.8, 4) is 17.2 Å². The van der Waals surface area contributed by atoms with E-state index in [2.05, 4.69) is 55.6 Å². The molecule has 2 N–H and O–H groups in total. The van der Waals surface area contributed by atoms with Gasteiger partial charge in [0.15, 0.2) is 11.5 Å². The van der Waals surface area contributed by atoms with E-state index in [1.54, 1.807) is 7.11 Å². The van der Waals surface area contributed by atoms with Crippen LogP contribution < -0.4 is 19.5 Å². The number of hydrogen-bond donors (Lipinski definition) is 1. The van der Waals surface area contributed by atoms with Crippen molar-refractivity contribution >= 4 is 0 Å². The van der Waals surface area contributed by atoms with Gasteiger partial charge in [0.1, 0.15) is 12.3 Å². The van der Waals surface area contributed by atoms with Crippen molar-refractivity contribution in [2.24, 2.45) is 5.92 Å². The van der Waals surface area contributed by atoms with Crippen LogP contribution in [-0.2, 0) is 16.7 Å². The summed E-state index contributed by atoms with van der Waals surface area (Å²) in [5, 5.41) is 2.40. The van der Waals surface area contributed by atoms with Crippen molar-refractivity contribution in [3.63, 3.8) is 0 Å². The summed E-state index contributed by atoms with van der Waals surface area (Å²) in [6.45, 7) is 7.63. The van der Waals surface area contributed by atoms with Crippen molar-refractivity contribution in [2.45, 2.75) is 51.2 Å². The quantitative estimate of drug-likeness (QED) is 0.673. The van der Waals surface area contributed by atoms with Gasteiger partial charge in [0.25, 0.3) is 0 Å². The van der Waals surface area contributed by atoms with E-state index in [4.69, 9.17) is 18.9 Å². The Morgan fingerprint density at radius 2 is 1.97 bits per heavy atom. The summed E-state index contributed by atoms with van der Waals surface area (Å²) in [5.41, 5.74) is 2.68. The number of quaternary nitrogens is 1. The van der Waals surface area contributed by atoms with Crippen LogP contribution in [0.3, 0.4) is 0 Å². The number of rotatable bonds is 8. The van der Waals surface area contributed by atoms with Crippen molar-refractivity contribution in [1.29, 1.82) is 0 Å². The summed E-state index contributed by atoms with van der Waals surface area (Å²) in [7, 11) is 1.78. The van der Waals surface area contributed by atoms with Gasteiger partial charge >= 0.3 is 0 Å². The molecule has 2 atom stereocenters. The van der Waals surface area contributed by atoms with Crippen LogP contribution in [-0.4, -0.2) is 33.2 Å². The normalized spacial score (nSPS) is 23.0. The number of methoxy groups -OCH3 is 1. The largest absolute Gasteiger partial charge is 0.496 e. The fraction of sp³-hybridized carbons (Fsp3) is 0.520. The zero-order valence-electron chi connectivity index (χ0n) is 18.4. The van der Waals surface area contributed by atoms with Gasteiger partial charge in [-0.05, 0) is 43.0 Å². The second-order valence-electron chi connectivity index (χ2n) is 8.81. The third kappa shape index (κ3) is 4.42. The molecule has 5 nitrogen and oxygen atoms in total. The van der Waals surface area contributed by atoms with Gasteiger partial charge < -0.3 is 24.3 Å². The molecule has 5 heteroatoms. The second-order valence-corrected chi connectivity index (χ2v) is 8.81. The van der Waals surface area contributed by atoms with Gasteiger partial charge in [-0.15, -0.1) is 0 Å². The Morgan fingerprint density at radius 1 is 1.13 bits per heavy atom. The Bertz CT molecular complexity index is 853. The molecule has 2 aromatic rings. The van der Waals surface area contributed by atoms with Crippen molar-refractivity contribution < 1.29 is 24.3 Å². The van der Waals surface area contributed by atoms with E-state index in [-0.39, 0.29) is 11.5 Å². The van der Waals surface area contributed by atoms with Gasteiger partial charge in [0.2, 0.25) is 6.79 Å². The molecule has 0 aliphatic carbocycles. The van der Waals surface area contributed by atoms with Gasteiger partial charge in [-0.25, -0.2) is 0 Å². The lowest BCUT2D eigenvalue weighted by Gasteiger charge is -2.43. The highest BCUT2D eigenvalue weighted by atomic mass is 16.7. The fourth-order valence-electron chi connectivity index (χ4n) is 4.78. The summed E-state index contributed by atoms with van der Waals surface area (Å²) in [6, 6.07) is 14.8. The van der Waals surface area contributed by atoms with Crippen molar-refractivity contribution in [1.82, 2.24) is 0 Å². The lowest BCUT2D eigenvalue weighted by Crippen LogP contribution is -2.83. The number of fused-ring (bicyclic) bond motifs is 1. The standard InChI is InChI=1S/C25H33NO4/c1-18(2)24-15-25(11-13-28-24,20-6-4-5-7-21(20)27-3)10-12-26-16-19-8-9-22-23(14-19)30-17-29-22/h4-9,14,18,24,26H,10-13,15-17H2,1-3H3/p+1/t24-,25-/m1/s1. The molecule has 0 aromatic heterocycles.